The molecule has 130 valence electrons. The maximum Gasteiger partial charge on any atom is 0.258 e. The first-order chi connectivity index (χ1) is 12.6. The second-order valence-electron chi connectivity index (χ2n) is 5.79. The maximum atomic E-state index is 13.5. The summed E-state index contributed by atoms with van der Waals surface area (Å²) in [5.74, 6) is 0.271. The Morgan fingerprint density at radius 1 is 1.19 bits per heavy atom. The number of nitrogens with zero attached hydrogens (tertiary/aromatic N) is 3. The number of imidazole rings is 1. The van der Waals surface area contributed by atoms with Crippen LogP contribution in [0.1, 0.15) is 18.0 Å². The Hall–Kier alpha value is -2.93. The summed E-state index contributed by atoms with van der Waals surface area (Å²) in [7, 11) is 0. The van der Waals surface area contributed by atoms with Gasteiger partial charge in [0.15, 0.2) is 5.16 Å². The van der Waals surface area contributed by atoms with Gasteiger partial charge >= 0.3 is 0 Å². The fraction of sp³-hybridized carbons (Fsp3) is 0.105. The summed E-state index contributed by atoms with van der Waals surface area (Å²) in [6.45, 7) is 1.95. The average molecular weight is 366 g/mol. The second-order valence-corrected chi connectivity index (χ2v) is 7.10. The van der Waals surface area contributed by atoms with Crippen molar-refractivity contribution in [3.63, 3.8) is 0 Å². The SMILES string of the molecule is CC(Sc1nccn1-c1cccc(F)c1)c1nc2ccccc2c(=O)[nH]1. The Morgan fingerprint density at radius 2 is 2.04 bits per heavy atom. The molecule has 0 radical (unpaired) electrons. The van der Waals surface area contributed by atoms with Gasteiger partial charge in [0.05, 0.1) is 21.8 Å². The van der Waals surface area contributed by atoms with Crippen LogP contribution in [0.3, 0.4) is 0 Å². The quantitative estimate of drug-likeness (QED) is 0.552. The molecule has 0 fully saturated rings. The molecule has 0 spiro atoms. The molecule has 5 nitrogen and oxygen atoms in total. The molecule has 1 N–H and O–H groups in total. The zero-order valence-corrected chi connectivity index (χ0v) is 14.7. The van der Waals surface area contributed by atoms with Gasteiger partial charge in [-0.2, -0.15) is 0 Å². The molecule has 0 amide bonds. The van der Waals surface area contributed by atoms with Crippen molar-refractivity contribution in [2.75, 3.05) is 0 Å². The molecule has 0 saturated carbocycles. The van der Waals surface area contributed by atoms with Crippen LogP contribution in [0.5, 0.6) is 0 Å². The highest BCUT2D eigenvalue weighted by Gasteiger charge is 2.16. The standard InChI is InChI=1S/C19H15FN4OS/c1-12(17-22-16-8-3-2-7-15(16)18(25)23-17)26-19-21-9-10-24(19)14-6-4-5-13(20)11-14/h2-12H,1H3,(H,22,23,25). The monoisotopic (exact) mass is 366 g/mol. The molecule has 1 unspecified atom stereocenters. The van der Waals surface area contributed by atoms with Gasteiger partial charge in [0.2, 0.25) is 0 Å². The molecule has 0 saturated heterocycles. The van der Waals surface area contributed by atoms with Gasteiger partial charge in [-0.05, 0) is 37.3 Å². The fourth-order valence-corrected chi connectivity index (χ4v) is 3.65. The molecule has 7 heteroatoms. The van der Waals surface area contributed by atoms with E-state index >= 15 is 0 Å². The van der Waals surface area contributed by atoms with E-state index in [0.29, 0.717) is 27.6 Å². The molecule has 2 aromatic carbocycles. The molecule has 26 heavy (non-hydrogen) atoms. The topological polar surface area (TPSA) is 63.6 Å². The van der Waals surface area contributed by atoms with Crippen molar-refractivity contribution in [2.45, 2.75) is 17.3 Å². The maximum absolute atomic E-state index is 13.5. The molecule has 4 rings (SSSR count). The molecule has 0 bridgehead atoms. The summed E-state index contributed by atoms with van der Waals surface area (Å²) < 4.78 is 15.3. The minimum Gasteiger partial charge on any atom is -0.309 e. The van der Waals surface area contributed by atoms with Crippen LogP contribution in [-0.2, 0) is 0 Å². The van der Waals surface area contributed by atoms with E-state index in [1.54, 1.807) is 24.5 Å². The lowest BCUT2D eigenvalue weighted by Gasteiger charge is -2.12. The number of para-hydroxylation sites is 1. The number of hydrogen-bond donors (Lipinski definition) is 1. The van der Waals surface area contributed by atoms with E-state index in [-0.39, 0.29) is 16.6 Å². The van der Waals surface area contributed by atoms with E-state index in [4.69, 9.17) is 0 Å². The minimum absolute atomic E-state index is 0.137. The number of fused-ring (bicyclic) bond motifs is 1. The molecule has 2 aromatic heterocycles. The van der Waals surface area contributed by atoms with Crippen molar-refractivity contribution in [1.29, 1.82) is 0 Å². The molecular formula is C19H15FN4OS. The molecule has 4 aromatic rings. The lowest BCUT2D eigenvalue weighted by atomic mass is 10.2. The van der Waals surface area contributed by atoms with Crippen molar-refractivity contribution in [1.82, 2.24) is 19.5 Å². The van der Waals surface area contributed by atoms with Crippen molar-refractivity contribution in [3.8, 4) is 5.69 Å². The highest BCUT2D eigenvalue weighted by Crippen LogP contribution is 2.33. The van der Waals surface area contributed by atoms with E-state index in [9.17, 15) is 9.18 Å². The van der Waals surface area contributed by atoms with Crippen molar-refractivity contribution in [2.24, 2.45) is 0 Å². The fourth-order valence-electron chi connectivity index (χ4n) is 2.71. The third-order valence-corrected chi connectivity index (χ3v) is 5.08. The predicted molar refractivity (Wildman–Crippen MR) is 100 cm³/mol. The van der Waals surface area contributed by atoms with Crippen LogP contribution in [0.2, 0.25) is 0 Å². The normalized spacial score (nSPS) is 12.4. The van der Waals surface area contributed by atoms with E-state index in [1.807, 2.05) is 35.8 Å². The van der Waals surface area contributed by atoms with Gasteiger partial charge in [0, 0.05) is 12.4 Å². The number of rotatable bonds is 4. The lowest BCUT2D eigenvalue weighted by molar-refractivity contribution is 0.626. The van der Waals surface area contributed by atoms with Gasteiger partial charge in [-0.15, -0.1) is 0 Å². The summed E-state index contributed by atoms with van der Waals surface area (Å²) in [5.41, 5.74) is 1.19. The Labute approximate surface area is 152 Å². The van der Waals surface area contributed by atoms with Crippen LogP contribution in [0.4, 0.5) is 4.39 Å². The number of H-pyrrole nitrogens is 1. The highest BCUT2D eigenvalue weighted by molar-refractivity contribution is 7.99. The van der Waals surface area contributed by atoms with Gasteiger partial charge < -0.3 is 4.98 Å². The third kappa shape index (κ3) is 3.13. The zero-order chi connectivity index (χ0) is 18.1. The van der Waals surface area contributed by atoms with Crippen LogP contribution in [0.15, 0.2) is 70.9 Å². The van der Waals surface area contributed by atoms with Crippen molar-refractivity contribution >= 4 is 22.7 Å². The zero-order valence-electron chi connectivity index (χ0n) is 13.9. The van der Waals surface area contributed by atoms with Crippen LogP contribution in [0, 0.1) is 5.82 Å². The van der Waals surface area contributed by atoms with Crippen LogP contribution in [0.25, 0.3) is 16.6 Å². The van der Waals surface area contributed by atoms with Gasteiger partial charge in [0.25, 0.3) is 5.56 Å². The largest absolute Gasteiger partial charge is 0.309 e. The first-order valence-electron chi connectivity index (χ1n) is 8.07. The summed E-state index contributed by atoms with van der Waals surface area (Å²) in [4.78, 5) is 24.0. The number of benzene rings is 2. The first-order valence-corrected chi connectivity index (χ1v) is 8.95. The van der Waals surface area contributed by atoms with Crippen LogP contribution >= 0.6 is 11.8 Å². The molecule has 0 aliphatic rings. The minimum atomic E-state index is -0.305. The van der Waals surface area contributed by atoms with Gasteiger partial charge in [-0.1, -0.05) is 30.0 Å². The highest BCUT2D eigenvalue weighted by atomic mass is 32.2. The Bertz CT molecular complexity index is 1140. The smallest absolute Gasteiger partial charge is 0.258 e. The predicted octanol–water partition coefficient (Wildman–Crippen LogP) is 4.10. The lowest BCUT2D eigenvalue weighted by Crippen LogP contribution is -2.13. The van der Waals surface area contributed by atoms with Gasteiger partial charge in [-0.25, -0.2) is 14.4 Å². The molecular weight excluding hydrogens is 351 g/mol. The number of nitrogens with one attached hydrogen (secondary N) is 1. The average Bonchev–Trinajstić information content (AvgIpc) is 3.10. The van der Waals surface area contributed by atoms with E-state index in [0.717, 1.165) is 0 Å². The Morgan fingerprint density at radius 3 is 2.88 bits per heavy atom. The van der Waals surface area contributed by atoms with Crippen LogP contribution < -0.4 is 5.56 Å². The summed E-state index contributed by atoms with van der Waals surface area (Å²) in [5, 5.41) is 1.12. The number of halogens is 1. The number of thioether (sulfide) groups is 1. The Kier molecular flexibility index (Phi) is 4.30. The van der Waals surface area contributed by atoms with Gasteiger partial charge in [0.1, 0.15) is 11.6 Å². The summed E-state index contributed by atoms with van der Waals surface area (Å²) in [6.07, 6.45) is 3.44. The second kappa shape index (κ2) is 6.76. The molecule has 0 aliphatic heterocycles. The van der Waals surface area contributed by atoms with Gasteiger partial charge in [-0.3, -0.25) is 9.36 Å². The number of aromatic nitrogens is 4. The summed E-state index contributed by atoms with van der Waals surface area (Å²) >= 11 is 1.44. The number of aromatic amines is 1. The summed E-state index contributed by atoms with van der Waals surface area (Å²) in [6, 6.07) is 13.6. The molecule has 2 heterocycles. The van der Waals surface area contributed by atoms with E-state index in [2.05, 4.69) is 15.0 Å². The van der Waals surface area contributed by atoms with E-state index in [1.165, 1.54) is 23.9 Å². The van der Waals surface area contributed by atoms with Crippen LogP contribution in [-0.4, -0.2) is 19.5 Å². The number of hydrogen-bond acceptors (Lipinski definition) is 4. The Balaban J connectivity index is 1.67. The first kappa shape index (κ1) is 16.5. The third-order valence-electron chi connectivity index (χ3n) is 3.99. The van der Waals surface area contributed by atoms with E-state index < -0.39 is 0 Å². The van der Waals surface area contributed by atoms with Crippen molar-refractivity contribution in [3.05, 3.63) is 82.9 Å². The van der Waals surface area contributed by atoms with Crippen molar-refractivity contribution < 1.29 is 4.39 Å². The molecule has 1 atom stereocenters. The molecule has 0 aliphatic carbocycles.